The lowest BCUT2D eigenvalue weighted by Crippen LogP contribution is -2.20. The number of halogens is 1. The molecule has 0 fully saturated rings. The standard InChI is InChI=1S/C21H17FN2O4/c22-16-4-2-15(3-5-16)18-8-6-17(28-18)13-23-24-21(25)12-14-1-7-19-20(11-14)27-10-9-26-19/h1-8,11,13H,9-10,12H2,(H,24,25). The van der Waals surface area contributed by atoms with Gasteiger partial charge >= 0.3 is 0 Å². The third-order valence-corrected chi connectivity index (χ3v) is 4.11. The fraction of sp³-hybridized carbons (Fsp3) is 0.143. The molecule has 7 heteroatoms. The largest absolute Gasteiger partial charge is 0.486 e. The number of fused-ring (bicyclic) bond motifs is 1. The van der Waals surface area contributed by atoms with Gasteiger partial charge in [0.2, 0.25) is 5.91 Å². The molecule has 0 spiro atoms. The van der Waals surface area contributed by atoms with Crippen LogP contribution in [0.15, 0.2) is 64.1 Å². The first-order chi connectivity index (χ1) is 13.7. The van der Waals surface area contributed by atoms with Gasteiger partial charge in [-0.2, -0.15) is 5.10 Å². The van der Waals surface area contributed by atoms with Crippen LogP contribution in [-0.4, -0.2) is 25.3 Å². The van der Waals surface area contributed by atoms with Crippen molar-refractivity contribution in [2.75, 3.05) is 13.2 Å². The highest BCUT2D eigenvalue weighted by molar-refractivity contribution is 5.82. The zero-order valence-corrected chi connectivity index (χ0v) is 14.9. The Labute approximate surface area is 160 Å². The topological polar surface area (TPSA) is 73.1 Å². The van der Waals surface area contributed by atoms with Crippen molar-refractivity contribution >= 4 is 12.1 Å². The maximum atomic E-state index is 13.0. The van der Waals surface area contributed by atoms with Crippen molar-refractivity contribution in [3.63, 3.8) is 0 Å². The van der Waals surface area contributed by atoms with E-state index in [0.29, 0.717) is 36.2 Å². The first-order valence-corrected chi connectivity index (χ1v) is 8.73. The Morgan fingerprint density at radius 1 is 1.04 bits per heavy atom. The molecule has 6 nitrogen and oxygen atoms in total. The molecule has 1 amide bonds. The molecule has 1 N–H and O–H groups in total. The summed E-state index contributed by atoms with van der Waals surface area (Å²) in [4.78, 5) is 12.1. The van der Waals surface area contributed by atoms with Crippen molar-refractivity contribution in [1.82, 2.24) is 5.43 Å². The number of benzene rings is 2. The van der Waals surface area contributed by atoms with Crippen LogP contribution in [-0.2, 0) is 11.2 Å². The Hall–Kier alpha value is -3.61. The minimum absolute atomic E-state index is 0.160. The average Bonchev–Trinajstić information content (AvgIpc) is 3.17. The van der Waals surface area contributed by atoms with Crippen LogP contribution in [0.3, 0.4) is 0 Å². The number of carbonyl (C=O) groups excluding carboxylic acids is 1. The van der Waals surface area contributed by atoms with Crippen LogP contribution in [0, 0.1) is 5.82 Å². The van der Waals surface area contributed by atoms with Crippen molar-refractivity contribution < 1.29 is 23.1 Å². The predicted molar refractivity (Wildman–Crippen MR) is 101 cm³/mol. The molecule has 0 aliphatic carbocycles. The maximum absolute atomic E-state index is 13.0. The predicted octanol–water partition coefficient (Wildman–Crippen LogP) is 3.55. The van der Waals surface area contributed by atoms with E-state index in [9.17, 15) is 9.18 Å². The summed E-state index contributed by atoms with van der Waals surface area (Å²) in [5.74, 6) is 1.81. The SMILES string of the molecule is O=C(Cc1ccc2c(c1)OCCO2)NN=Cc1ccc(-c2ccc(F)cc2)o1. The molecule has 0 unspecified atom stereocenters. The van der Waals surface area contributed by atoms with Gasteiger partial charge in [-0.3, -0.25) is 4.79 Å². The summed E-state index contributed by atoms with van der Waals surface area (Å²) in [5, 5.41) is 3.91. The van der Waals surface area contributed by atoms with E-state index < -0.39 is 0 Å². The van der Waals surface area contributed by atoms with Crippen LogP contribution in [0.2, 0.25) is 0 Å². The van der Waals surface area contributed by atoms with Crippen molar-refractivity contribution in [2.24, 2.45) is 5.10 Å². The summed E-state index contributed by atoms with van der Waals surface area (Å²) in [6.45, 7) is 1.02. The molecule has 1 aliphatic rings. The number of carbonyl (C=O) groups is 1. The van der Waals surface area contributed by atoms with Crippen molar-refractivity contribution in [3.05, 3.63) is 71.7 Å². The summed E-state index contributed by atoms with van der Waals surface area (Å²) in [5.41, 5.74) is 4.02. The molecular formula is C21H17FN2O4. The quantitative estimate of drug-likeness (QED) is 0.543. The van der Waals surface area contributed by atoms with Gasteiger partial charge in [0.15, 0.2) is 11.5 Å². The molecule has 2 heterocycles. The fourth-order valence-electron chi connectivity index (χ4n) is 2.78. The van der Waals surface area contributed by atoms with Crippen LogP contribution in [0.1, 0.15) is 11.3 Å². The lowest BCUT2D eigenvalue weighted by molar-refractivity contribution is -0.120. The number of hydrogen-bond donors (Lipinski definition) is 1. The summed E-state index contributed by atoms with van der Waals surface area (Å²) in [6, 6.07) is 14.9. The summed E-state index contributed by atoms with van der Waals surface area (Å²) < 4.78 is 29.6. The molecule has 4 rings (SSSR count). The lowest BCUT2D eigenvalue weighted by atomic mass is 10.1. The lowest BCUT2D eigenvalue weighted by Gasteiger charge is -2.18. The van der Waals surface area contributed by atoms with E-state index in [4.69, 9.17) is 13.9 Å². The van der Waals surface area contributed by atoms with E-state index >= 15 is 0 Å². The minimum Gasteiger partial charge on any atom is -0.486 e. The summed E-state index contributed by atoms with van der Waals surface area (Å²) in [7, 11) is 0. The van der Waals surface area contributed by atoms with Gasteiger partial charge in [-0.15, -0.1) is 0 Å². The first-order valence-electron chi connectivity index (χ1n) is 8.73. The van der Waals surface area contributed by atoms with Crippen LogP contribution >= 0.6 is 0 Å². The molecule has 142 valence electrons. The average molecular weight is 380 g/mol. The Kier molecular flexibility index (Phi) is 5.05. The van der Waals surface area contributed by atoms with Gasteiger partial charge in [0.1, 0.15) is 30.6 Å². The fourth-order valence-corrected chi connectivity index (χ4v) is 2.78. The van der Waals surface area contributed by atoms with E-state index in [1.807, 2.05) is 6.07 Å². The van der Waals surface area contributed by atoms with Gasteiger partial charge in [-0.1, -0.05) is 6.07 Å². The Bertz CT molecular complexity index is 1010. The van der Waals surface area contributed by atoms with Crippen LogP contribution < -0.4 is 14.9 Å². The number of nitrogens with one attached hydrogen (secondary N) is 1. The van der Waals surface area contributed by atoms with E-state index in [-0.39, 0.29) is 18.1 Å². The molecule has 0 atom stereocenters. The van der Waals surface area contributed by atoms with E-state index in [0.717, 1.165) is 11.1 Å². The second kappa shape index (κ2) is 7.96. The zero-order chi connectivity index (χ0) is 19.3. The number of hydrazone groups is 1. The first kappa shape index (κ1) is 17.8. The van der Waals surface area contributed by atoms with Crippen molar-refractivity contribution in [2.45, 2.75) is 6.42 Å². The zero-order valence-electron chi connectivity index (χ0n) is 14.9. The highest BCUT2D eigenvalue weighted by Crippen LogP contribution is 2.30. The minimum atomic E-state index is -0.308. The number of ether oxygens (including phenoxy) is 2. The Morgan fingerprint density at radius 2 is 1.82 bits per heavy atom. The van der Waals surface area contributed by atoms with E-state index in [2.05, 4.69) is 10.5 Å². The number of rotatable bonds is 5. The maximum Gasteiger partial charge on any atom is 0.244 e. The third-order valence-electron chi connectivity index (χ3n) is 4.11. The smallest absolute Gasteiger partial charge is 0.244 e. The monoisotopic (exact) mass is 380 g/mol. The van der Waals surface area contributed by atoms with Gasteiger partial charge in [-0.05, 0) is 54.1 Å². The van der Waals surface area contributed by atoms with E-state index in [1.54, 1.807) is 36.4 Å². The van der Waals surface area contributed by atoms with Gasteiger partial charge in [0, 0.05) is 5.56 Å². The second-order valence-electron chi connectivity index (χ2n) is 6.16. The van der Waals surface area contributed by atoms with Crippen molar-refractivity contribution in [3.8, 4) is 22.8 Å². The Morgan fingerprint density at radius 3 is 2.64 bits per heavy atom. The molecule has 1 aliphatic heterocycles. The molecule has 28 heavy (non-hydrogen) atoms. The van der Waals surface area contributed by atoms with Gasteiger partial charge < -0.3 is 13.9 Å². The molecule has 2 aromatic carbocycles. The third kappa shape index (κ3) is 4.20. The van der Waals surface area contributed by atoms with E-state index in [1.165, 1.54) is 18.3 Å². The summed E-state index contributed by atoms with van der Waals surface area (Å²) >= 11 is 0. The molecule has 1 aromatic heterocycles. The van der Waals surface area contributed by atoms with Crippen molar-refractivity contribution in [1.29, 1.82) is 0 Å². The van der Waals surface area contributed by atoms with Gasteiger partial charge in [0.25, 0.3) is 0 Å². The number of hydrogen-bond acceptors (Lipinski definition) is 5. The van der Waals surface area contributed by atoms with Crippen LogP contribution in [0.4, 0.5) is 4.39 Å². The molecule has 0 saturated heterocycles. The molecule has 0 saturated carbocycles. The highest BCUT2D eigenvalue weighted by atomic mass is 19.1. The Balaban J connectivity index is 1.33. The van der Waals surface area contributed by atoms with Gasteiger partial charge in [0.05, 0.1) is 12.6 Å². The second-order valence-corrected chi connectivity index (χ2v) is 6.16. The molecular weight excluding hydrogens is 363 g/mol. The molecule has 3 aromatic rings. The highest BCUT2D eigenvalue weighted by Gasteiger charge is 2.13. The van der Waals surface area contributed by atoms with Crippen LogP contribution in [0.25, 0.3) is 11.3 Å². The summed E-state index contributed by atoms with van der Waals surface area (Å²) in [6.07, 6.45) is 1.57. The van der Waals surface area contributed by atoms with Gasteiger partial charge in [-0.25, -0.2) is 9.82 Å². The number of furan rings is 1. The number of amides is 1. The normalized spacial score (nSPS) is 12.9. The molecule has 0 bridgehead atoms. The number of nitrogens with zero attached hydrogens (tertiary/aromatic N) is 1. The molecule has 0 radical (unpaired) electrons. The van der Waals surface area contributed by atoms with Crippen LogP contribution in [0.5, 0.6) is 11.5 Å².